The van der Waals surface area contributed by atoms with Gasteiger partial charge in [0.25, 0.3) is 0 Å². The number of hydrogen-bond donors (Lipinski definition) is 2. The van der Waals surface area contributed by atoms with Gasteiger partial charge in [-0.1, -0.05) is 25.2 Å². The highest BCUT2D eigenvalue weighted by molar-refractivity contribution is 5.82. The predicted octanol–water partition coefficient (Wildman–Crippen LogP) is 0.643. The average molecular weight is 194 g/mol. The Bertz CT molecular complexity index is 226. The van der Waals surface area contributed by atoms with E-state index in [0.717, 1.165) is 12.8 Å². The van der Waals surface area contributed by atoms with Crippen molar-refractivity contribution in [2.45, 2.75) is 38.1 Å². The van der Waals surface area contributed by atoms with Gasteiger partial charge in [-0.3, -0.25) is 4.79 Å². The van der Waals surface area contributed by atoms with Crippen LogP contribution in [0.15, 0.2) is 0 Å². The fourth-order valence-corrected chi connectivity index (χ4v) is 1.96. The topological polar surface area (TPSA) is 55.1 Å². The number of carbonyl (C=O) groups is 1. The van der Waals surface area contributed by atoms with Gasteiger partial charge >= 0.3 is 0 Å². The Morgan fingerprint density at radius 2 is 2.14 bits per heavy atom. The first kappa shape index (κ1) is 11.1. The van der Waals surface area contributed by atoms with Crippen molar-refractivity contribution in [2.75, 3.05) is 6.54 Å². The Labute approximate surface area is 85.4 Å². The maximum absolute atomic E-state index is 11.5. The molecule has 1 amide bonds. The first-order valence-corrected chi connectivity index (χ1v) is 5.22. The summed E-state index contributed by atoms with van der Waals surface area (Å²) < 4.78 is 0. The molecule has 1 aliphatic rings. The van der Waals surface area contributed by atoms with Crippen molar-refractivity contribution in [1.82, 2.24) is 5.32 Å². The van der Waals surface area contributed by atoms with E-state index in [2.05, 4.69) is 11.2 Å². The van der Waals surface area contributed by atoms with Gasteiger partial charge in [-0.15, -0.1) is 6.42 Å². The minimum atomic E-state index is -0.372. The maximum Gasteiger partial charge on any atom is 0.237 e. The van der Waals surface area contributed by atoms with Crippen LogP contribution in [-0.4, -0.2) is 18.5 Å². The normalized spacial score (nSPS) is 19.7. The van der Waals surface area contributed by atoms with E-state index in [1.54, 1.807) is 0 Å². The molecule has 0 heterocycles. The van der Waals surface area contributed by atoms with Crippen molar-refractivity contribution >= 4 is 5.91 Å². The molecule has 0 radical (unpaired) electrons. The number of terminal acetylenes is 1. The molecule has 1 rings (SSSR count). The summed E-state index contributed by atoms with van der Waals surface area (Å²) in [5.74, 6) is 2.62. The molecule has 0 aliphatic heterocycles. The molecule has 1 atom stereocenters. The van der Waals surface area contributed by atoms with Crippen LogP contribution >= 0.6 is 0 Å². The SMILES string of the molecule is C#CCNC(=O)[C@H](N)C1CCCCC1. The summed E-state index contributed by atoms with van der Waals surface area (Å²) in [7, 11) is 0. The van der Waals surface area contributed by atoms with Gasteiger partial charge in [-0.05, 0) is 18.8 Å². The molecule has 0 aromatic rings. The highest BCUT2D eigenvalue weighted by Gasteiger charge is 2.25. The summed E-state index contributed by atoms with van der Waals surface area (Å²) in [4.78, 5) is 11.5. The fraction of sp³-hybridized carbons (Fsp3) is 0.727. The van der Waals surface area contributed by atoms with Crippen molar-refractivity contribution in [1.29, 1.82) is 0 Å². The highest BCUT2D eigenvalue weighted by Crippen LogP contribution is 2.25. The second-order valence-corrected chi connectivity index (χ2v) is 3.85. The van der Waals surface area contributed by atoms with Crippen LogP contribution in [0.25, 0.3) is 0 Å². The Hall–Kier alpha value is -1.01. The zero-order chi connectivity index (χ0) is 10.4. The Morgan fingerprint density at radius 3 is 2.71 bits per heavy atom. The second-order valence-electron chi connectivity index (χ2n) is 3.85. The van der Waals surface area contributed by atoms with E-state index >= 15 is 0 Å². The van der Waals surface area contributed by atoms with Gasteiger partial charge in [0.1, 0.15) is 0 Å². The molecule has 14 heavy (non-hydrogen) atoms. The Morgan fingerprint density at radius 1 is 1.50 bits per heavy atom. The largest absolute Gasteiger partial charge is 0.344 e. The highest BCUT2D eigenvalue weighted by atomic mass is 16.2. The molecule has 0 bridgehead atoms. The first-order valence-electron chi connectivity index (χ1n) is 5.22. The predicted molar refractivity (Wildman–Crippen MR) is 56.4 cm³/mol. The summed E-state index contributed by atoms with van der Waals surface area (Å²) in [5.41, 5.74) is 5.85. The zero-order valence-electron chi connectivity index (χ0n) is 8.46. The smallest absolute Gasteiger partial charge is 0.237 e. The minimum Gasteiger partial charge on any atom is -0.344 e. The van der Waals surface area contributed by atoms with E-state index in [1.807, 2.05) is 0 Å². The van der Waals surface area contributed by atoms with E-state index in [4.69, 9.17) is 12.2 Å². The zero-order valence-corrected chi connectivity index (χ0v) is 8.46. The van der Waals surface area contributed by atoms with Gasteiger partial charge in [-0.25, -0.2) is 0 Å². The van der Waals surface area contributed by atoms with Gasteiger partial charge in [-0.2, -0.15) is 0 Å². The Balaban J connectivity index is 2.35. The number of nitrogens with one attached hydrogen (secondary N) is 1. The molecular formula is C11H18N2O. The first-order chi connectivity index (χ1) is 6.75. The number of hydrogen-bond acceptors (Lipinski definition) is 2. The number of amides is 1. The number of carbonyl (C=O) groups excluding carboxylic acids is 1. The molecule has 3 nitrogen and oxygen atoms in total. The molecule has 0 spiro atoms. The summed E-state index contributed by atoms with van der Waals surface area (Å²) >= 11 is 0. The molecule has 0 saturated heterocycles. The molecule has 1 fully saturated rings. The number of rotatable bonds is 3. The van der Waals surface area contributed by atoms with E-state index in [9.17, 15) is 4.79 Å². The van der Waals surface area contributed by atoms with Gasteiger partial charge in [0.2, 0.25) is 5.91 Å². The molecule has 1 saturated carbocycles. The third-order valence-corrected chi connectivity index (χ3v) is 2.83. The summed E-state index contributed by atoms with van der Waals surface area (Å²) in [6.07, 6.45) is 10.9. The molecule has 0 unspecified atom stereocenters. The van der Waals surface area contributed by atoms with E-state index < -0.39 is 0 Å². The van der Waals surface area contributed by atoms with Crippen LogP contribution < -0.4 is 11.1 Å². The second kappa shape index (κ2) is 5.66. The molecule has 0 aromatic carbocycles. The quantitative estimate of drug-likeness (QED) is 0.648. The molecular weight excluding hydrogens is 176 g/mol. The number of nitrogens with two attached hydrogens (primary N) is 1. The van der Waals surface area contributed by atoms with Crippen molar-refractivity contribution < 1.29 is 4.79 Å². The van der Waals surface area contributed by atoms with E-state index in [-0.39, 0.29) is 18.5 Å². The van der Waals surface area contributed by atoms with Gasteiger partial charge in [0, 0.05) is 0 Å². The van der Waals surface area contributed by atoms with E-state index in [0.29, 0.717) is 5.92 Å². The minimum absolute atomic E-state index is 0.102. The molecule has 3 N–H and O–H groups in total. The van der Waals surface area contributed by atoms with Gasteiger partial charge in [0.05, 0.1) is 12.6 Å². The standard InChI is InChI=1S/C11H18N2O/c1-2-8-13-11(14)10(12)9-6-4-3-5-7-9/h1,9-10H,3-8,12H2,(H,13,14)/t10-/m1/s1. The van der Waals surface area contributed by atoms with Gasteiger partial charge < -0.3 is 11.1 Å². The van der Waals surface area contributed by atoms with Crippen LogP contribution in [0.3, 0.4) is 0 Å². The van der Waals surface area contributed by atoms with Crippen molar-refractivity contribution in [3.63, 3.8) is 0 Å². The van der Waals surface area contributed by atoms with Crippen molar-refractivity contribution in [3.8, 4) is 12.3 Å². The fourth-order valence-electron chi connectivity index (χ4n) is 1.96. The van der Waals surface area contributed by atoms with Crippen LogP contribution in [0.2, 0.25) is 0 Å². The molecule has 3 heteroatoms. The summed E-state index contributed by atoms with van der Waals surface area (Å²) in [6, 6.07) is -0.372. The van der Waals surface area contributed by atoms with Crippen LogP contribution in [0, 0.1) is 18.3 Å². The molecule has 78 valence electrons. The molecule has 0 aromatic heterocycles. The molecule has 1 aliphatic carbocycles. The van der Waals surface area contributed by atoms with Crippen LogP contribution in [0.4, 0.5) is 0 Å². The average Bonchev–Trinajstić information content (AvgIpc) is 2.26. The summed E-state index contributed by atoms with van der Waals surface area (Å²) in [6.45, 7) is 0.277. The lowest BCUT2D eigenvalue weighted by atomic mass is 9.84. The van der Waals surface area contributed by atoms with E-state index in [1.165, 1.54) is 19.3 Å². The lowest BCUT2D eigenvalue weighted by molar-refractivity contribution is -0.123. The van der Waals surface area contributed by atoms with Crippen LogP contribution in [-0.2, 0) is 4.79 Å². The monoisotopic (exact) mass is 194 g/mol. The van der Waals surface area contributed by atoms with Crippen molar-refractivity contribution in [2.24, 2.45) is 11.7 Å². The Kier molecular flexibility index (Phi) is 4.48. The van der Waals surface area contributed by atoms with Gasteiger partial charge in [0.15, 0.2) is 0 Å². The lowest BCUT2D eigenvalue weighted by Gasteiger charge is -2.26. The van der Waals surface area contributed by atoms with Crippen LogP contribution in [0.5, 0.6) is 0 Å². The third-order valence-electron chi connectivity index (χ3n) is 2.83. The van der Waals surface area contributed by atoms with Crippen LogP contribution in [0.1, 0.15) is 32.1 Å². The third kappa shape index (κ3) is 3.04. The van der Waals surface area contributed by atoms with Crippen molar-refractivity contribution in [3.05, 3.63) is 0 Å². The summed E-state index contributed by atoms with van der Waals surface area (Å²) in [5, 5.41) is 2.63. The lowest BCUT2D eigenvalue weighted by Crippen LogP contribution is -2.46. The maximum atomic E-state index is 11.5.